The summed E-state index contributed by atoms with van der Waals surface area (Å²) in [4.78, 5) is 0. The summed E-state index contributed by atoms with van der Waals surface area (Å²) in [5.41, 5.74) is 0. The van der Waals surface area contributed by atoms with E-state index in [1.807, 2.05) is 0 Å². The van der Waals surface area contributed by atoms with Crippen molar-refractivity contribution in [2.75, 3.05) is 52.4 Å². The molecule has 0 aromatic carbocycles. The average molecular weight is 271 g/mol. The van der Waals surface area contributed by atoms with Gasteiger partial charge in [0.15, 0.2) is 0 Å². The lowest BCUT2D eigenvalue weighted by molar-refractivity contribution is -0.923. The third-order valence-corrected chi connectivity index (χ3v) is 5.96. The third kappa shape index (κ3) is 4.75. The van der Waals surface area contributed by atoms with Crippen LogP contribution >= 0.6 is 0 Å². The Bertz CT molecular complexity index is 209. The molecule has 2 nitrogen and oxygen atoms in total. The maximum absolute atomic E-state index is 2.39. The molecule has 19 heavy (non-hydrogen) atoms. The summed E-state index contributed by atoms with van der Waals surface area (Å²) in [7, 11) is 0. The minimum atomic E-state index is 1.31. The Morgan fingerprint density at radius 1 is 0.789 bits per heavy atom. The minimum absolute atomic E-state index is 1.31. The zero-order valence-electron chi connectivity index (χ0n) is 14.1. The number of likely N-dealkylation sites (tertiary alicyclic amines) is 1. The Morgan fingerprint density at radius 3 is 1.84 bits per heavy atom. The lowest BCUT2D eigenvalue weighted by Crippen LogP contribution is -2.48. The molecule has 1 aliphatic heterocycles. The molecule has 0 radical (unpaired) electrons. The van der Waals surface area contributed by atoms with Gasteiger partial charge in [-0.3, -0.25) is 0 Å². The maximum Gasteiger partial charge on any atom is 0.0788 e. The second-order valence-electron chi connectivity index (χ2n) is 6.61. The van der Waals surface area contributed by atoms with Crippen LogP contribution in [0.3, 0.4) is 0 Å². The van der Waals surface area contributed by atoms with Crippen molar-refractivity contribution in [3.8, 4) is 0 Å². The van der Waals surface area contributed by atoms with Crippen molar-refractivity contribution in [1.82, 2.24) is 0 Å². The van der Waals surface area contributed by atoms with Crippen LogP contribution in [-0.4, -0.2) is 61.3 Å². The van der Waals surface area contributed by atoms with Crippen molar-refractivity contribution in [1.29, 1.82) is 0 Å². The number of hydrogen-bond donors (Lipinski definition) is 0. The quantitative estimate of drug-likeness (QED) is 0.420. The van der Waals surface area contributed by atoms with Crippen molar-refractivity contribution >= 4 is 0 Å². The maximum atomic E-state index is 2.39. The Hall–Kier alpha value is -0.0800. The van der Waals surface area contributed by atoms with Crippen LogP contribution in [0.25, 0.3) is 0 Å². The molecule has 0 aliphatic carbocycles. The van der Waals surface area contributed by atoms with Gasteiger partial charge in [-0.05, 0) is 47.0 Å². The molecule has 1 saturated heterocycles. The van der Waals surface area contributed by atoms with Crippen LogP contribution < -0.4 is 0 Å². The molecule has 0 bridgehead atoms. The van der Waals surface area contributed by atoms with Crippen LogP contribution in [-0.2, 0) is 0 Å². The lowest BCUT2D eigenvalue weighted by atomic mass is 10.1. The van der Waals surface area contributed by atoms with Crippen molar-refractivity contribution in [3.05, 3.63) is 0 Å². The molecule has 0 unspecified atom stereocenters. The van der Waals surface area contributed by atoms with Crippen LogP contribution in [0, 0.1) is 0 Å². The summed E-state index contributed by atoms with van der Waals surface area (Å²) in [5, 5.41) is 0. The lowest BCUT2D eigenvalue weighted by Gasteiger charge is -2.36. The fourth-order valence-corrected chi connectivity index (χ4v) is 3.92. The van der Waals surface area contributed by atoms with Crippen LogP contribution in [0.1, 0.15) is 59.8 Å². The van der Waals surface area contributed by atoms with Gasteiger partial charge in [-0.2, -0.15) is 0 Å². The zero-order valence-corrected chi connectivity index (χ0v) is 14.1. The summed E-state index contributed by atoms with van der Waals surface area (Å²) in [6, 6.07) is 0. The van der Waals surface area contributed by atoms with E-state index in [-0.39, 0.29) is 0 Å². The first-order chi connectivity index (χ1) is 9.16. The van der Waals surface area contributed by atoms with Crippen molar-refractivity contribution in [2.45, 2.75) is 59.8 Å². The van der Waals surface area contributed by atoms with Gasteiger partial charge in [0, 0.05) is 12.8 Å². The number of quaternary nitrogens is 2. The van der Waals surface area contributed by atoms with Gasteiger partial charge in [0.25, 0.3) is 0 Å². The smallest absolute Gasteiger partial charge is 0.0788 e. The van der Waals surface area contributed by atoms with E-state index < -0.39 is 0 Å². The van der Waals surface area contributed by atoms with Gasteiger partial charge in [-0.1, -0.05) is 0 Å². The number of hydrogen-bond acceptors (Lipinski definition) is 0. The highest BCUT2D eigenvalue weighted by atomic mass is 15.4. The molecule has 0 atom stereocenters. The normalized spacial score (nSPS) is 18.9. The average Bonchev–Trinajstić information content (AvgIpc) is 2.93. The van der Waals surface area contributed by atoms with Crippen LogP contribution in [0.15, 0.2) is 0 Å². The molecular formula is C17H38N2+2. The van der Waals surface area contributed by atoms with Crippen LogP contribution in [0.4, 0.5) is 0 Å². The van der Waals surface area contributed by atoms with Crippen LogP contribution in [0.2, 0.25) is 0 Å². The topological polar surface area (TPSA) is 0 Å². The molecule has 1 heterocycles. The van der Waals surface area contributed by atoms with E-state index in [2.05, 4.69) is 27.7 Å². The number of unbranched alkanes of at least 4 members (excludes halogenated alkanes) is 2. The molecular weight excluding hydrogens is 232 g/mol. The first kappa shape index (κ1) is 17.0. The molecule has 0 amide bonds. The highest BCUT2D eigenvalue weighted by Gasteiger charge is 2.29. The summed E-state index contributed by atoms with van der Waals surface area (Å²) in [5.74, 6) is 0. The second-order valence-corrected chi connectivity index (χ2v) is 6.61. The number of rotatable bonds is 10. The van der Waals surface area contributed by atoms with E-state index in [0.717, 1.165) is 0 Å². The van der Waals surface area contributed by atoms with Crippen molar-refractivity contribution in [2.24, 2.45) is 0 Å². The van der Waals surface area contributed by atoms with E-state index in [1.165, 1.54) is 93.4 Å². The van der Waals surface area contributed by atoms with Gasteiger partial charge in [0.05, 0.1) is 52.4 Å². The molecule has 0 N–H and O–H groups in total. The van der Waals surface area contributed by atoms with Crippen molar-refractivity contribution < 1.29 is 8.97 Å². The van der Waals surface area contributed by atoms with Gasteiger partial charge in [0.2, 0.25) is 0 Å². The van der Waals surface area contributed by atoms with Crippen LogP contribution in [0.5, 0.6) is 0 Å². The Kier molecular flexibility index (Phi) is 7.38. The zero-order chi connectivity index (χ0) is 14.2. The SMILES string of the molecule is CC[N+](CC)(CC)CCCCC[N+]1(CC)CCCC1. The monoisotopic (exact) mass is 270 g/mol. The fourth-order valence-electron chi connectivity index (χ4n) is 3.92. The largest absolute Gasteiger partial charge is 0.324 e. The molecule has 114 valence electrons. The van der Waals surface area contributed by atoms with E-state index >= 15 is 0 Å². The molecule has 2 heteroatoms. The molecule has 1 rings (SSSR count). The minimum Gasteiger partial charge on any atom is -0.324 e. The first-order valence-corrected chi connectivity index (χ1v) is 8.86. The molecule has 1 fully saturated rings. The molecule has 0 aromatic heterocycles. The van der Waals surface area contributed by atoms with Gasteiger partial charge in [0.1, 0.15) is 0 Å². The Balaban J connectivity index is 2.20. The second kappa shape index (κ2) is 8.26. The first-order valence-electron chi connectivity index (χ1n) is 8.86. The standard InChI is InChI=1S/C17H38N2/c1-5-18(6-2,7-3)14-10-9-11-15-19(8-4)16-12-13-17-19/h5-17H2,1-4H3/q+2. The molecule has 0 aromatic rings. The Labute approximate surface area is 122 Å². The molecule has 1 aliphatic rings. The van der Waals surface area contributed by atoms with Crippen molar-refractivity contribution in [3.63, 3.8) is 0 Å². The van der Waals surface area contributed by atoms with Gasteiger partial charge in [-0.15, -0.1) is 0 Å². The Morgan fingerprint density at radius 2 is 1.37 bits per heavy atom. The highest BCUT2D eigenvalue weighted by Crippen LogP contribution is 2.20. The van der Waals surface area contributed by atoms with E-state index in [9.17, 15) is 0 Å². The third-order valence-electron chi connectivity index (χ3n) is 5.96. The number of nitrogens with zero attached hydrogens (tertiary/aromatic N) is 2. The van der Waals surface area contributed by atoms with Gasteiger partial charge in [-0.25, -0.2) is 0 Å². The highest BCUT2D eigenvalue weighted by molar-refractivity contribution is 4.55. The molecule has 0 saturated carbocycles. The van der Waals surface area contributed by atoms with E-state index in [1.54, 1.807) is 0 Å². The van der Waals surface area contributed by atoms with E-state index in [4.69, 9.17) is 0 Å². The van der Waals surface area contributed by atoms with Gasteiger partial charge < -0.3 is 8.97 Å². The summed E-state index contributed by atoms with van der Waals surface area (Å²) < 4.78 is 2.75. The van der Waals surface area contributed by atoms with Gasteiger partial charge >= 0.3 is 0 Å². The molecule has 0 spiro atoms. The predicted octanol–water partition coefficient (Wildman–Crippen LogP) is 3.66. The fraction of sp³-hybridized carbons (Fsp3) is 1.00. The predicted molar refractivity (Wildman–Crippen MR) is 85.2 cm³/mol. The van der Waals surface area contributed by atoms with E-state index in [0.29, 0.717) is 0 Å². The summed E-state index contributed by atoms with van der Waals surface area (Å²) >= 11 is 0. The summed E-state index contributed by atoms with van der Waals surface area (Å²) in [6.07, 6.45) is 7.26. The summed E-state index contributed by atoms with van der Waals surface area (Å²) in [6.45, 7) is 20.5.